The Labute approximate surface area is 69.5 Å². The molecule has 0 aromatic carbocycles. The van der Waals surface area contributed by atoms with Gasteiger partial charge in [-0.2, -0.15) is 0 Å². The third kappa shape index (κ3) is 1.92. The van der Waals surface area contributed by atoms with E-state index >= 15 is 0 Å². The fourth-order valence-electron chi connectivity index (χ4n) is 1.21. The molecule has 0 radical (unpaired) electrons. The maximum atomic E-state index is 11.0. The molecular formula is C8H10O4. The van der Waals surface area contributed by atoms with Crippen molar-refractivity contribution in [3.8, 4) is 0 Å². The van der Waals surface area contributed by atoms with Gasteiger partial charge in [-0.3, -0.25) is 9.59 Å². The Bertz CT molecular complexity index is 231. The summed E-state index contributed by atoms with van der Waals surface area (Å²) in [6.07, 6.45) is 2.04. The lowest BCUT2D eigenvalue weighted by Gasteiger charge is -2.10. The standard InChI is InChI=1S/C8H10O4/c9-6-2-3-7(10)5(6)1-4-8(11)12/h2-3,5-6,9H,1,4H2,(H,11,12)/t5?,6-/m0/s1. The second kappa shape index (κ2) is 3.49. The number of hydrogen-bond donors (Lipinski definition) is 2. The number of aliphatic hydroxyl groups excluding tert-OH is 1. The van der Waals surface area contributed by atoms with Crippen LogP contribution in [0.4, 0.5) is 0 Å². The van der Waals surface area contributed by atoms with Crippen LogP contribution in [0, 0.1) is 5.92 Å². The van der Waals surface area contributed by atoms with Crippen LogP contribution >= 0.6 is 0 Å². The second-order valence-corrected chi connectivity index (χ2v) is 2.79. The average molecular weight is 170 g/mol. The van der Waals surface area contributed by atoms with E-state index in [0.29, 0.717) is 0 Å². The number of rotatable bonds is 3. The molecule has 0 spiro atoms. The molecule has 0 bridgehead atoms. The Morgan fingerprint density at radius 3 is 2.67 bits per heavy atom. The lowest BCUT2D eigenvalue weighted by atomic mass is 9.98. The number of carbonyl (C=O) groups is 2. The molecular weight excluding hydrogens is 160 g/mol. The summed E-state index contributed by atoms with van der Waals surface area (Å²) in [4.78, 5) is 21.1. The first-order valence-corrected chi connectivity index (χ1v) is 3.73. The van der Waals surface area contributed by atoms with Gasteiger partial charge in [-0.1, -0.05) is 6.08 Å². The molecule has 0 aromatic heterocycles. The van der Waals surface area contributed by atoms with Crippen LogP contribution in [0.15, 0.2) is 12.2 Å². The molecule has 2 atom stereocenters. The maximum absolute atomic E-state index is 11.0. The molecule has 12 heavy (non-hydrogen) atoms. The minimum atomic E-state index is -0.943. The van der Waals surface area contributed by atoms with Crippen LogP contribution in [0.5, 0.6) is 0 Å². The van der Waals surface area contributed by atoms with E-state index in [1.54, 1.807) is 0 Å². The van der Waals surface area contributed by atoms with Crippen molar-refractivity contribution in [2.75, 3.05) is 0 Å². The fourth-order valence-corrected chi connectivity index (χ4v) is 1.21. The molecule has 1 rings (SSSR count). The minimum absolute atomic E-state index is 0.0743. The minimum Gasteiger partial charge on any atom is -0.481 e. The molecule has 0 aromatic rings. The van der Waals surface area contributed by atoms with Crippen LogP contribution in [-0.2, 0) is 9.59 Å². The highest BCUT2D eigenvalue weighted by Crippen LogP contribution is 2.20. The van der Waals surface area contributed by atoms with Crippen molar-refractivity contribution in [3.05, 3.63) is 12.2 Å². The average Bonchev–Trinajstić information content (AvgIpc) is 2.28. The highest BCUT2D eigenvalue weighted by atomic mass is 16.4. The molecule has 4 heteroatoms. The number of aliphatic hydroxyl groups is 1. The Kier molecular flexibility index (Phi) is 2.60. The Morgan fingerprint density at radius 1 is 1.58 bits per heavy atom. The Balaban J connectivity index is 2.42. The van der Waals surface area contributed by atoms with Gasteiger partial charge >= 0.3 is 5.97 Å². The van der Waals surface area contributed by atoms with Gasteiger partial charge in [0.2, 0.25) is 0 Å². The number of allylic oxidation sites excluding steroid dienone is 1. The van der Waals surface area contributed by atoms with Crippen LogP contribution in [0.3, 0.4) is 0 Å². The highest BCUT2D eigenvalue weighted by Gasteiger charge is 2.28. The summed E-state index contributed by atoms with van der Waals surface area (Å²) in [5, 5.41) is 17.5. The zero-order valence-corrected chi connectivity index (χ0v) is 6.43. The first-order chi connectivity index (χ1) is 5.61. The predicted octanol–water partition coefficient (Wildman–Crippen LogP) is -0.0328. The van der Waals surface area contributed by atoms with Crippen LogP contribution in [0.2, 0.25) is 0 Å². The maximum Gasteiger partial charge on any atom is 0.303 e. The summed E-state index contributed by atoms with van der Waals surface area (Å²) >= 11 is 0. The van der Waals surface area contributed by atoms with Gasteiger partial charge < -0.3 is 10.2 Å². The van der Waals surface area contributed by atoms with Gasteiger partial charge in [0.25, 0.3) is 0 Å². The van der Waals surface area contributed by atoms with Gasteiger partial charge in [-0.25, -0.2) is 0 Å². The molecule has 0 aliphatic heterocycles. The third-order valence-electron chi connectivity index (χ3n) is 1.90. The van der Waals surface area contributed by atoms with Gasteiger partial charge in [0, 0.05) is 6.42 Å². The summed E-state index contributed by atoms with van der Waals surface area (Å²) in [7, 11) is 0. The van der Waals surface area contributed by atoms with Gasteiger partial charge in [-0.15, -0.1) is 0 Å². The van der Waals surface area contributed by atoms with E-state index in [-0.39, 0.29) is 18.6 Å². The van der Waals surface area contributed by atoms with Crippen molar-refractivity contribution >= 4 is 11.8 Å². The quantitative estimate of drug-likeness (QED) is 0.623. The molecule has 1 aliphatic carbocycles. The first kappa shape index (κ1) is 8.93. The van der Waals surface area contributed by atoms with E-state index in [4.69, 9.17) is 5.11 Å². The fraction of sp³-hybridized carbons (Fsp3) is 0.500. The van der Waals surface area contributed by atoms with Crippen molar-refractivity contribution in [3.63, 3.8) is 0 Å². The van der Waals surface area contributed by atoms with E-state index < -0.39 is 18.0 Å². The van der Waals surface area contributed by atoms with Crippen molar-refractivity contribution in [2.24, 2.45) is 5.92 Å². The van der Waals surface area contributed by atoms with E-state index in [1.807, 2.05) is 0 Å². The number of carbonyl (C=O) groups excluding carboxylic acids is 1. The van der Waals surface area contributed by atoms with Gasteiger partial charge in [0.05, 0.1) is 12.0 Å². The highest BCUT2D eigenvalue weighted by molar-refractivity contribution is 5.95. The number of aliphatic carboxylic acids is 1. The van der Waals surface area contributed by atoms with Crippen molar-refractivity contribution in [2.45, 2.75) is 18.9 Å². The first-order valence-electron chi connectivity index (χ1n) is 3.73. The van der Waals surface area contributed by atoms with Crippen molar-refractivity contribution in [1.82, 2.24) is 0 Å². The van der Waals surface area contributed by atoms with Crippen LogP contribution < -0.4 is 0 Å². The van der Waals surface area contributed by atoms with E-state index in [0.717, 1.165) is 0 Å². The predicted molar refractivity (Wildman–Crippen MR) is 40.5 cm³/mol. The van der Waals surface area contributed by atoms with E-state index in [2.05, 4.69) is 0 Å². The van der Waals surface area contributed by atoms with Crippen molar-refractivity contribution in [1.29, 1.82) is 0 Å². The summed E-state index contributed by atoms with van der Waals surface area (Å²) < 4.78 is 0. The Morgan fingerprint density at radius 2 is 2.25 bits per heavy atom. The van der Waals surface area contributed by atoms with Gasteiger partial charge in [0.15, 0.2) is 5.78 Å². The van der Waals surface area contributed by atoms with Gasteiger partial charge in [-0.05, 0) is 12.5 Å². The normalized spacial score (nSPS) is 27.9. The van der Waals surface area contributed by atoms with E-state index in [9.17, 15) is 14.7 Å². The summed E-state index contributed by atoms with van der Waals surface area (Å²) in [5.41, 5.74) is 0. The lowest BCUT2D eigenvalue weighted by Crippen LogP contribution is -2.20. The van der Waals surface area contributed by atoms with Gasteiger partial charge in [0.1, 0.15) is 0 Å². The summed E-state index contributed by atoms with van der Waals surface area (Å²) in [5.74, 6) is -1.66. The topological polar surface area (TPSA) is 74.6 Å². The number of carboxylic acid groups (broad SMARTS) is 1. The molecule has 0 amide bonds. The zero-order chi connectivity index (χ0) is 9.14. The third-order valence-corrected chi connectivity index (χ3v) is 1.90. The smallest absolute Gasteiger partial charge is 0.303 e. The van der Waals surface area contributed by atoms with E-state index in [1.165, 1.54) is 12.2 Å². The zero-order valence-electron chi connectivity index (χ0n) is 6.43. The molecule has 0 saturated carbocycles. The molecule has 0 fully saturated rings. The molecule has 1 aliphatic rings. The second-order valence-electron chi connectivity index (χ2n) is 2.79. The Hall–Kier alpha value is -1.16. The number of hydrogen-bond acceptors (Lipinski definition) is 3. The monoisotopic (exact) mass is 170 g/mol. The van der Waals surface area contributed by atoms with Crippen LogP contribution in [0.25, 0.3) is 0 Å². The molecule has 1 unspecified atom stereocenters. The molecule has 0 saturated heterocycles. The number of ketones is 1. The molecule has 2 N–H and O–H groups in total. The van der Waals surface area contributed by atoms with Crippen LogP contribution in [0.1, 0.15) is 12.8 Å². The number of carboxylic acids is 1. The lowest BCUT2D eigenvalue weighted by molar-refractivity contribution is -0.137. The summed E-state index contributed by atoms with van der Waals surface area (Å²) in [6, 6.07) is 0. The SMILES string of the molecule is O=C(O)CCC1C(=O)C=C[C@@H]1O. The largest absolute Gasteiger partial charge is 0.481 e. The molecule has 4 nitrogen and oxygen atoms in total. The molecule has 0 heterocycles. The molecule has 66 valence electrons. The summed E-state index contributed by atoms with van der Waals surface area (Å²) in [6.45, 7) is 0. The van der Waals surface area contributed by atoms with Crippen molar-refractivity contribution < 1.29 is 19.8 Å². The van der Waals surface area contributed by atoms with Crippen LogP contribution in [-0.4, -0.2) is 28.1 Å².